The van der Waals surface area contributed by atoms with E-state index in [1.54, 1.807) is 11.3 Å². The zero-order chi connectivity index (χ0) is 21.0. The van der Waals surface area contributed by atoms with Crippen LogP contribution in [-0.4, -0.2) is 17.8 Å². The molecule has 2 heterocycles. The average Bonchev–Trinajstić information content (AvgIpc) is 3.21. The number of nitrogens with zero attached hydrogens (tertiary/aromatic N) is 2. The zero-order valence-electron chi connectivity index (χ0n) is 16.8. The van der Waals surface area contributed by atoms with Crippen molar-refractivity contribution in [3.8, 4) is 22.8 Å². The van der Waals surface area contributed by atoms with Crippen LogP contribution in [0.1, 0.15) is 5.56 Å². The van der Waals surface area contributed by atoms with Gasteiger partial charge < -0.3 is 14.0 Å². The molecule has 0 amide bonds. The van der Waals surface area contributed by atoms with Gasteiger partial charge in [0, 0.05) is 22.5 Å². The first-order valence-electron chi connectivity index (χ1n) is 10.2. The minimum absolute atomic E-state index is 0.575. The molecule has 156 valence electrons. The number of ether oxygens (including phenoxy) is 2. The molecule has 1 aliphatic heterocycles. The monoisotopic (exact) mass is 448 g/mol. The summed E-state index contributed by atoms with van der Waals surface area (Å²) in [4.78, 5) is 5.87. The molecule has 1 aliphatic rings. The second-order valence-corrected chi connectivity index (χ2v) is 8.51. The van der Waals surface area contributed by atoms with E-state index in [0.29, 0.717) is 13.2 Å². The van der Waals surface area contributed by atoms with Crippen molar-refractivity contribution < 1.29 is 9.47 Å². The van der Waals surface area contributed by atoms with Crippen molar-refractivity contribution in [2.24, 2.45) is 4.99 Å². The molecular formula is C25H21ClN2O2S. The van der Waals surface area contributed by atoms with Gasteiger partial charge in [0.1, 0.15) is 13.2 Å². The van der Waals surface area contributed by atoms with Crippen molar-refractivity contribution in [3.63, 3.8) is 0 Å². The molecular weight excluding hydrogens is 428 g/mol. The Morgan fingerprint density at radius 3 is 2.48 bits per heavy atom. The van der Waals surface area contributed by atoms with Gasteiger partial charge in [-0.2, -0.15) is 0 Å². The molecule has 4 aromatic rings. The van der Waals surface area contributed by atoms with Crippen LogP contribution in [0, 0.1) is 0 Å². The predicted molar refractivity (Wildman–Crippen MR) is 126 cm³/mol. The van der Waals surface area contributed by atoms with Crippen molar-refractivity contribution in [3.05, 3.63) is 93.6 Å². The van der Waals surface area contributed by atoms with Crippen molar-refractivity contribution in [1.82, 2.24) is 4.57 Å². The van der Waals surface area contributed by atoms with Crippen LogP contribution >= 0.6 is 22.9 Å². The molecule has 0 spiro atoms. The summed E-state index contributed by atoms with van der Waals surface area (Å²) in [5.74, 6) is 1.59. The first-order chi connectivity index (χ1) is 15.3. The molecule has 31 heavy (non-hydrogen) atoms. The maximum Gasteiger partial charge on any atom is 0.190 e. The number of hydrogen-bond donors (Lipinski definition) is 0. The van der Waals surface area contributed by atoms with Crippen LogP contribution in [0.25, 0.3) is 11.3 Å². The van der Waals surface area contributed by atoms with Gasteiger partial charge in [-0.15, -0.1) is 11.3 Å². The van der Waals surface area contributed by atoms with Gasteiger partial charge in [0.25, 0.3) is 0 Å². The Bertz CT molecular complexity index is 1250. The summed E-state index contributed by atoms with van der Waals surface area (Å²) in [7, 11) is 0. The highest BCUT2D eigenvalue weighted by Gasteiger charge is 2.15. The lowest BCUT2D eigenvalue weighted by Crippen LogP contribution is -2.18. The van der Waals surface area contributed by atoms with Gasteiger partial charge in [-0.1, -0.05) is 41.9 Å². The highest BCUT2D eigenvalue weighted by Crippen LogP contribution is 2.34. The van der Waals surface area contributed by atoms with Gasteiger partial charge in [-0.05, 0) is 54.4 Å². The smallest absolute Gasteiger partial charge is 0.190 e. The van der Waals surface area contributed by atoms with Gasteiger partial charge >= 0.3 is 0 Å². The quantitative estimate of drug-likeness (QED) is 0.369. The molecule has 0 saturated heterocycles. The number of hydrogen-bond acceptors (Lipinski definition) is 4. The molecule has 1 aromatic heterocycles. The van der Waals surface area contributed by atoms with Gasteiger partial charge in [-0.25, -0.2) is 4.99 Å². The topological polar surface area (TPSA) is 35.8 Å². The Kier molecular flexibility index (Phi) is 5.78. The lowest BCUT2D eigenvalue weighted by atomic mass is 10.1. The molecule has 6 heteroatoms. The lowest BCUT2D eigenvalue weighted by molar-refractivity contribution is 0.171. The summed E-state index contributed by atoms with van der Waals surface area (Å²) >= 11 is 7.69. The Labute approximate surface area is 190 Å². The van der Waals surface area contributed by atoms with E-state index >= 15 is 0 Å². The largest absolute Gasteiger partial charge is 0.486 e. The predicted octanol–water partition coefficient (Wildman–Crippen LogP) is 6.12. The molecule has 3 aromatic carbocycles. The Morgan fingerprint density at radius 2 is 1.68 bits per heavy atom. The summed E-state index contributed by atoms with van der Waals surface area (Å²) in [6.07, 6.45) is 0.882. The molecule has 0 N–H and O–H groups in total. The number of aromatic nitrogens is 1. The normalized spacial score (nSPS) is 13.4. The zero-order valence-corrected chi connectivity index (χ0v) is 18.4. The van der Waals surface area contributed by atoms with Gasteiger partial charge in [0.2, 0.25) is 0 Å². The van der Waals surface area contributed by atoms with Crippen LogP contribution in [0.2, 0.25) is 5.02 Å². The van der Waals surface area contributed by atoms with Crippen LogP contribution in [-0.2, 0) is 13.0 Å². The average molecular weight is 449 g/mol. The summed E-state index contributed by atoms with van der Waals surface area (Å²) in [5.41, 5.74) is 4.39. The first kappa shape index (κ1) is 19.9. The Hall–Kier alpha value is -3.02. The highest BCUT2D eigenvalue weighted by molar-refractivity contribution is 7.07. The van der Waals surface area contributed by atoms with Crippen LogP contribution in [0.4, 0.5) is 5.69 Å². The standard InChI is InChI=1S/C25H21ClN2O2S/c26-20-9-6-18(7-10-20)12-13-28-22(17-31-25(28)27-21-4-2-1-3-5-21)19-8-11-23-24(16-19)30-15-14-29-23/h1-11,16-17H,12-15H2. The Morgan fingerprint density at radius 1 is 0.903 bits per heavy atom. The van der Waals surface area contributed by atoms with Crippen molar-refractivity contribution >= 4 is 28.6 Å². The molecule has 0 bridgehead atoms. The van der Waals surface area contributed by atoms with Crippen LogP contribution < -0.4 is 14.3 Å². The third-order valence-electron chi connectivity index (χ3n) is 5.15. The van der Waals surface area contributed by atoms with Gasteiger partial charge in [0.15, 0.2) is 16.3 Å². The van der Waals surface area contributed by atoms with E-state index in [-0.39, 0.29) is 0 Å². The number of benzene rings is 3. The van der Waals surface area contributed by atoms with E-state index in [4.69, 9.17) is 26.1 Å². The van der Waals surface area contributed by atoms with Crippen molar-refractivity contribution in [1.29, 1.82) is 0 Å². The van der Waals surface area contributed by atoms with Crippen LogP contribution in [0.15, 0.2) is 83.2 Å². The fourth-order valence-corrected chi connectivity index (χ4v) is 4.65. The van der Waals surface area contributed by atoms with E-state index in [1.807, 2.05) is 48.5 Å². The number of rotatable bonds is 5. The van der Waals surface area contributed by atoms with E-state index in [2.05, 4.69) is 34.2 Å². The second-order valence-electron chi connectivity index (χ2n) is 7.24. The Balaban J connectivity index is 1.54. The minimum atomic E-state index is 0.575. The summed E-state index contributed by atoms with van der Waals surface area (Å²) in [6, 6.07) is 24.2. The molecule has 0 unspecified atom stereocenters. The molecule has 4 nitrogen and oxygen atoms in total. The van der Waals surface area contributed by atoms with E-state index in [1.165, 1.54) is 5.56 Å². The van der Waals surface area contributed by atoms with Crippen molar-refractivity contribution in [2.45, 2.75) is 13.0 Å². The maximum absolute atomic E-state index is 6.05. The maximum atomic E-state index is 6.05. The number of halogens is 1. The SMILES string of the molecule is Clc1ccc(CCn2c(-c3ccc4c(c3)OCCO4)csc2=Nc2ccccc2)cc1. The molecule has 0 fully saturated rings. The molecule has 5 rings (SSSR count). The van der Waals surface area contributed by atoms with Crippen LogP contribution in [0.5, 0.6) is 11.5 Å². The molecule has 0 radical (unpaired) electrons. The fourth-order valence-electron chi connectivity index (χ4n) is 3.57. The second kappa shape index (κ2) is 9.00. The summed E-state index contributed by atoms with van der Waals surface area (Å²) < 4.78 is 13.8. The van der Waals surface area contributed by atoms with E-state index in [0.717, 1.165) is 51.2 Å². The fraction of sp³-hybridized carbons (Fsp3) is 0.160. The first-order valence-corrected chi connectivity index (χ1v) is 11.4. The van der Waals surface area contributed by atoms with Gasteiger partial charge in [0.05, 0.1) is 11.4 Å². The molecule has 0 atom stereocenters. The molecule has 0 saturated carbocycles. The van der Waals surface area contributed by atoms with Gasteiger partial charge in [-0.3, -0.25) is 0 Å². The van der Waals surface area contributed by atoms with E-state index in [9.17, 15) is 0 Å². The number of para-hydroxylation sites is 1. The van der Waals surface area contributed by atoms with Crippen molar-refractivity contribution in [2.75, 3.05) is 13.2 Å². The third kappa shape index (κ3) is 4.53. The summed E-state index contributed by atoms with van der Waals surface area (Å²) in [6.45, 7) is 1.97. The van der Waals surface area contributed by atoms with E-state index < -0.39 is 0 Å². The number of thiazole rings is 1. The molecule has 0 aliphatic carbocycles. The lowest BCUT2D eigenvalue weighted by Gasteiger charge is -2.19. The summed E-state index contributed by atoms with van der Waals surface area (Å²) in [5, 5.41) is 2.92. The third-order valence-corrected chi connectivity index (χ3v) is 6.27. The minimum Gasteiger partial charge on any atom is -0.486 e. The highest BCUT2D eigenvalue weighted by atomic mass is 35.5. The number of aryl methyl sites for hydroxylation is 1. The number of fused-ring (bicyclic) bond motifs is 1. The van der Waals surface area contributed by atoms with Crippen LogP contribution in [0.3, 0.4) is 0 Å².